The van der Waals surface area contributed by atoms with Gasteiger partial charge >= 0.3 is 0 Å². The number of nitrogens with zero attached hydrogens (tertiary/aromatic N) is 1. The van der Waals surface area contributed by atoms with Crippen molar-refractivity contribution in [3.63, 3.8) is 0 Å². The number of carbonyl (C=O) groups excluding carboxylic acids is 3. The van der Waals surface area contributed by atoms with Crippen molar-refractivity contribution >= 4 is 35.0 Å². The third-order valence-corrected chi connectivity index (χ3v) is 5.95. The van der Waals surface area contributed by atoms with Crippen LogP contribution in [0.2, 0.25) is 0 Å². The van der Waals surface area contributed by atoms with E-state index in [0.29, 0.717) is 17.8 Å². The predicted octanol–water partition coefficient (Wildman–Crippen LogP) is 4.40. The highest BCUT2D eigenvalue weighted by atomic mass is 35.5. The zero-order chi connectivity index (χ0) is 24.1. The van der Waals surface area contributed by atoms with Gasteiger partial charge in [-0.1, -0.05) is 78.3 Å². The lowest BCUT2D eigenvalue weighted by Gasteiger charge is -2.16. The van der Waals surface area contributed by atoms with E-state index in [9.17, 15) is 14.4 Å². The van der Waals surface area contributed by atoms with Crippen molar-refractivity contribution in [1.29, 1.82) is 0 Å². The summed E-state index contributed by atoms with van der Waals surface area (Å²) >= 11 is 6.24. The van der Waals surface area contributed by atoms with E-state index in [1.54, 1.807) is 18.2 Å². The minimum atomic E-state index is -0.550. The molecule has 1 aliphatic heterocycles. The number of hydrogen-bond acceptors (Lipinski definition) is 4. The topological polar surface area (TPSA) is 78.5 Å². The second kappa shape index (κ2) is 10.4. The minimum absolute atomic E-state index is 0.00679. The Balaban J connectivity index is 1.45. The average molecular weight is 474 g/mol. The van der Waals surface area contributed by atoms with Crippen LogP contribution in [0.1, 0.15) is 27.0 Å². The van der Waals surface area contributed by atoms with Crippen LogP contribution in [-0.2, 0) is 22.6 Å². The zero-order valence-corrected chi connectivity index (χ0v) is 19.4. The lowest BCUT2D eigenvalue weighted by atomic mass is 10.1. The molecular weight excluding hydrogens is 450 g/mol. The smallest absolute Gasteiger partial charge is 0.279 e. The molecular formula is C27H24ClN3O3. The fourth-order valence-corrected chi connectivity index (χ4v) is 3.89. The van der Waals surface area contributed by atoms with Gasteiger partial charge in [0, 0.05) is 17.8 Å². The van der Waals surface area contributed by atoms with E-state index in [1.807, 2.05) is 67.6 Å². The predicted molar refractivity (Wildman–Crippen MR) is 132 cm³/mol. The first-order chi connectivity index (χ1) is 16.4. The molecule has 4 rings (SSSR count). The van der Waals surface area contributed by atoms with Gasteiger partial charge in [0.25, 0.3) is 17.7 Å². The van der Waals surface area contributed by atoms with Gasteiger partial charge < -0.3 is 10.6 Å². The number of nitrogens with one attached hydrogen (secondary N) is 2. The number of benzene rings is 3. The highest BCUT2D eigenvalue weighted by molar-refractivity contribution is 6.48. The van der Waals surface area contributed by atoms with E-state index >= 15 is 0 Å². The maximum Gasteiger partial charge on any atom is 0.279 e. The molecule has 2 N–H and O–H groups in total. The van der Waals surface area contributed by atoms with Crippen molar-refractivity contribution in [2.24, 2.45) is 0 Å². The van der Waals surface area contributed by atoms with E-state index in [-0.39, 0.29) is 23.2 Å². The Labute approximate surface area is 203 Å². The van der Waals surface area contributed by atoms with Crippen LogP contribution in [0.15, 0.2) is 89.6 Å². The van der Waals surface area contributed by atoms with Gasteiger partial charge in [-0.25, -0.2) is 0 Å². The van der Waals surface area contributed by atoms with E-state index < -0.39 is 11.8 Å². The molecule has 7 heteroatoms. The Kier molecular flexibility index (Phi) is 7.09. The van der Waals surface area contributed by atoms with Gasteiger partial charge in [0.15, 0.2) is 0 Å². The SMILES string of the molecule is Cc1ccc(C(=O)NCCc2ccccc2)cc1NC1=C(Cl)C(=O)N(Cc2ccccc2)C1=O. The number of carbonyl (C=O) groups is 3. The molecule has 0 spiro atoms. The third kappa shape index (κ3) is 5.18. The highest BCUT2D eigenvalue weighted by Gasteiger charge is 2.38. The number of imide groups is 1. The molecule has 0 saturated heterocycles. The van der Waals surface area contributed by atoms with Crippen LogP contribution in [0.3, 0.4) is 0 Å². The average Bonchev–Trinajstić information content (AvgIpc) is 3.05. The largest absolute Gasteiger partial charge is 0.352 e. The Morgan fingerprint density at radius 3 is 2.21 bits per heavy atom. The Morgan fingerprint density at radius 1 is 0.882 bits per heavy atom. The van der Waals surface area contributed by atoms with Crippen LogP contribution in [0.25, 0.3) is 0 Å². The summed E-state index contributed by atoms with van der Waals surface area (Å²) in [4.78, 5) is 39.4. The summed E-state index contributed by atoms with van der Waals surface area (Å²) in [6.07, 6.45) is 0.722. The van der Waals surface area contributed by atoms with Gasteiger partial charge in [-0.05, 0) is 42.2 Å². The number of anilines is 1. The highest BCUT2D eigenvalue weighted by Crippen LogP contribution is 2.28. The summed E-state index contributed by atoms with van der Waals surface area (Å²) < 4.78 is 0. The lowest BCUT2D eigenvalue weighted by molar-refractivity contribution is -0.138. The van der Waals surface area contributed by atoms with Gasteiger partial charge in [-0.15, -0.1) is 0 Å². The molecule has 3 aromatic carbocycles. The monoisotopic (exact) mass is 473 g/mol. The molecule has 0 saturated carbocycles. The molecule has 0 bridgehead atoms. The van der Waals surface area contributed by atoms with Gasteiger partial charge in [-0.2, -0.15) is 0 Å². The van der Waals surface area contributed by atoms with Crippen LogP contribution in [0, 0.1) is 6.92 Å². The molecule has 0 aromatic heterocycles. The molecule has 0 atom stereocenters. The quantitative estimate of drug-likeness (QED) is 0.475. The fraction of sp³-hybridized carbons (Fsp3) is 0.148. The molecule has 6 nitrogen and oxygen atoms in total. The summed E-state index contributed by atoms with van der Waals surface area (Å²) in [6, 6.07) is 24.3. The summed E-state index contributed by atoms with van der Waals surface area (Å²) in [7, 11) is 0. The van der Waals surface area contributed by atoms with Crippen molar-refractivity contribution in [3.8, 4) is 0 Å². The first-order valence-corrected chi connectivity index (χ1v) is 11.3. The van der Waals surface area contributed by atoms with Gasteiger partial charge in [-0.3, -0.25) is 19.3 Å². The van der Waals surface area contributed by atoms with E-state index in [1.165, 1.54) is 0 Å². The molecule has 1 aliphatic rings. The summed E-state index contributed by atoms with van der Waals surface area (Å²) in [6.45, 7) is 2.47. The maximum atomic E-state index is 13.0. The Morgan fingerprint density at radius 2 is 1.53 bits per heavy atom. The molecule has 172 valence electrons. The van der Waals surface area contributed by atoms with Crippen molar-refractivity contribution in [1.82, 2.24) is 10.2 Å². The van der Waals surface area contributed by atoms with Crippen LogP contribution in [-0.4, -0.2) is 29.2 Å². The molecule has 3 amide bonds. The van der Waals surface area contributed by atoms with E-state index in [0.717, 1.165) is 28.0 Å². The maximum absolute atomic E-state index is 13.0. The number of amides is 3. The van der Waals surface area contributed by atoms with Crippen LogP contribution < -0.4 is 10.6 Å². The van der Waals surface area contributed by atoms with Crippen LogP contribution >= 0.6 is 11.6 Å². The van der Waals surface area contributed by atoms with Crippen molar-refractivity contribution < 1.29 is 14.4 Å². The minimum Gasteiger partial charge on any atom is -0.352 e. The van der Waals surface area contributed by atoms with E-state index in [2.05, 4.69) is 10.6 Å². The summed E-state index contributed by atoms with van der Waals surface area (Å²) in [5.41, 5.74) is 3.75. The third-order valence-electron chi connectivity index (χ3n) is 5.60. The molecule has 0 unspecified atom stereocenters. The van der Waals surface area contributed by atoms with Gasteiger partial charge in [0.05, 0.1) is 6.54 Å². The normalized spacial score (nSPS) is 13.4. The molecule has 1 heterocycles. The number of aryl methyl sites for hydroxylation is 1. The van der Waals surface area contributed by atoms with Gasteiger partial charge in [0.2, 0.25) is 0 Å². The Hall–Kier alpha value is -3.90. The Bertz CT molecular complexity index is 1260. The van der Waals surface area contributed by atoms with Crippen LogP contribution in [0.5, 0.6) is 0 Å². The number of halogens is 1. The number of rotatable bonds is 8. The molecule has 0 radical (unpaired) electrons. The molecule has 0 fully saturated rings. The lowest BCUT2D eigenvalue weighted by Crippen LogP contribution is -2.31. The van der Waals surface area contributed by atoms with E-state index in [4.69, 9.17) is 11.6 Å². The second-order valence-electron chi connectivity index (χ2n) is 8.02. The van der Waals surface area contributed by atoms with Crippen molar-refractivity contribution in [3.05, 3.63) is 112 Å². The molecule has 0 aliphatic carbocycles. The van der Waals surface area contributed by atoms with Gasteiger partial charge in [0.1, 0.15) is 10.7 Å². The standard InChI is InChI=1S/C27H24ClN3O3/c1-18-12-13-21(25(32)29-15-14-19-8-4-2-5-9-19)16-22(18)30-24-23(28)26(33)31(27(24)34)17-20-10-6-3-7-11-20/h2-13,16,30H,14-15,17H2,1H3,(H,29,32). The summed E-state index contributed by atoms with van der Waals surface area (Å²) in [5, 5.41) is 5.73. The molecule has 34 heavy (non-hydrogen) atoms. The first kappa shape index (κ1) is 23.3. The van der Waals surface area contributed by atoms with Crippen molar-refractivity contribution in [2.75, 3.05) is 11.9 Å². The summed E-state index contributed by atoms with van der Waals surface area (Å²) in [5.74, 6) is -1.28. The zero-order valence-electron chi connectivity index (χ0n) is 18.7. The second-order valence-corrected chi connectivity index (χ2v) is 8.40. The van der Waals surface area contributed by atoms with Crippen LogP contribution in [0.4, 0.5) is 5.69 Å². The fourth-order valence-electron chi connectivity index (χ4n) is 3.66. The van der Waals surface area contributed by atoms with Crippen molar-refractivity contribution in [2.45, 2.75) is 19.9 Å². The first-order valence-electron chi connectivity index (χ1n) is 10.9. The molecule has 3 aromatic rings. The number of hydrogen-bond donors (Lipinski definition) is 2.